The molecule has 0 aliphatic carbocycles. The van der Waals surface area contributed by atoms with Crippen LogP contribution in [0.15, 0.2) is 5.51 Å². The summed E-state index contributed by atoms with van der Waals surface area (Å²) in [6.07, 6.45) is 0. The van der Waals surface area contributed by atoms with Crippen LogP contribution >= 0.6 is 11.3 Å². The van der Waals surface area contributed by atoms with E-state index >= 15 is 0 Å². The Morgan fingerprint density at radius 1 is 1.54 bits per heavy atom. The topological polar surface area (TPSA) is 39.2 Å². The van der Waals surface area contributed by atoms with E-state index < -0.39 is 8.32 Å². The van der Waals surface area contributed by atoms with Crippen molar-refractivity contribution in [3.05, 3.63) is 16.1 Å². The van der Waals surface area contributed by atoms with Gasteiger partial charge in [0.15, 0.2) is 0 Å². The van der Waals surface area contributed by atoms with Gasteiger partial charge in [-0.2, -0.15) is 0 Å². The van der Waals surface area contributed by atoms with E-state index in [1.165, 1.54) is 11.3 Å². The Balaban J connectivity index is 2.76. The van der Waals surface area contributed by atoms with E-state index in [1.807, 2.05) is 26.6 Å². The summed E-state index contributed by atoms with van der Waals surface area (Å²) in [5, 5.41) is 0. The number of rotatable bonds is 2. The van der Waals surface area contributed by atoms with E-state index in [-0.39, 0.29) is 5.97 Å². The molecule has 0 atom stereocenters. The second-order valence-corrected chi connectivity index (χ2v) is 9.05. The highest BCUT2D eigenvalue weighted by molar-refractivity contribution is 7.11. The van der Waals surface area contributed by atoms with Gasteiger partial charge in [-0.05, 0) is 26.6 Å². The summed E-state index contributed by atoms with van der Waals surface area (Å²) in [4.78, 5) is 16.2. The molecule has 0 saturated heterocycles. The molecule has 0 radical (unpaired) electrons. The minimum Gasteiger partial charge on any atom is -0.516 e. The summed E-state index contributed by atoms with van der Waals surface area (Å²) in [5.41, 5.74) is 2.42. The van der Waals surface area contributed by atoms with Gasteiger partial charge < -0.3 is 4.43 Å². The zero-order valence-electron chi connectivity index (χ0n) is 8.25. The Kier molecular flexibility index (Phi) is 2.87. The van der Waals surface area contributed by atoms with Crippen LogP contribution < -0.4 is 0 Å². The van der Waals surface area contributed by atoms with Gasteiger partial charge in [-0.3, -0.25) is 0 Å². The number of thiazole rings is 1. The van der Waals surface area contributed by atoms with Crippen molar-refractivity contribution in [2.75, 3.05) is 0 Å². The Morgan fingerprint density at radius 2 is 2.15 bits per heavy atom. The average molecular weight is 215 g/mol. The third-order valence-electron chi connectivity index (χ3n) is 1.33. The molecule has 13 heavy (non-hydrogen) atoms. The van der Waals surface area contributed by atoms with E-state index in [4.69, 9.17) is 4.43 Å². The second kappa shape index (κ2) is 3.59. The molecule has 1 aromatic heterocycles. The van der Waals surface area contributed by atoms with Crippen molar-refractivity contribution < 1.29 is 9.22 Å². The minimum absolute atomic E-state index is 0.223. The molecule has 3 nitrogen and oxygen atoms in total. The van der Waals surface area contributed by atoms with Gasteiger partial charge in [0.05, 0.1) is 11.2 Å². The van der Waals surface area contributed by atoms with Crippen LogP contribution in [0.1, 0.15) is 15.4 Å². The fourth-order valence-corrected chi connectivity index (χ4v) is 2.23. The van der Waals surface area contributed by atoms with Gasteiger partial charge in [-0.25, -0.2) is 9.78 Å². The zero-order chi connectivity index (χ0) is 10.1. The number of aryl methyl sites for hydroxylation is 1. The van der Waals surface area contributed by atoms with Crippen LogP contribution in [0.3, 0.4) is 0 Å². The number of aromatic nitrogens is 1. The van der Waals surface area contributed by atoms with E-state index in [0.29, 0.717) is 4.88 Å². The lowest BCUT2D eigenvalue weighted by atomic mass is 10.4. The van der Waals surface area contributed by atoms with Crippen molar-refractivity contribution in [1.82, 2.24) is 4.98 Å². The molecular formula is C8H13NO2SSi. The molecule has 72 valence electrons. The smallest absolute Gasteiger partial charge is 0.336 e. The van der Waals surface area contributed by atoms with Crippen molar-refractivity contribution >= 4 is 25.6 Å². The second-order valence-electron chi connectivity index (χ2n) is 3.77. The Bertz CT molecular complexity index is 316. The summed E-state index contributed by atoms with van der Waals surface area (Å²) >= 11 is 1.33. The SMILES string of the molecule is Cc1ncsc1C(=O)O[Si](C)(C)C. The summed E-state index contributed by atoms with van der Waals surface area (Å²) in [5.74, 6) is -0.223. The molecule has 0 bridgehead atoms. The third-order valence-corrected chi connectivity index (χ3v) is 3.04. The zero-order valence-corrected chi connectivity index (χ0v) is 10.1. The molecule has 0 N–H and O–H groups in total. The first-order chi connectivity index (χ1) is 5.90. The fourth-order valence-electron chi connectivity index (χ4n) is 0.822. The maximum absolute atomic E-state index is 11.5. The number of carbonyl (C=O) groups excluding carboxylic acids is 1. The molecule has 1 aromatic rings. The number of hydrogen-bond donors (Lipinski definition) is 0. The predicted octanol–water partition coefficient (Wildman–Crippen LogP) is 2.44. The maximum Gasteiger partial charge on any atom is 0.336 e. The highest BCUT2D eigenvalue weighted by Gasteiger charge is 2.22. The van der Waals surface area contributed by atoms with E-state index in [1.54, 1.807) is 5.51 Å². The Morgan fingerprint density at radius 3 is 2.54 bits per heavy atom. The molecule has 0 aromatic carbocycles. The lowest BCUT2D eigenvalue weighted by molar-refractivity contribution is 0.0729. The minimum atomic E-state index is -1.77. The van der Waals surface area contributed by atoms with Crippen LogP contribution in [0.5, 0.6) is 0 Å². The predicted molar refractivity (Wildman–Crippen MR) is 55.6 cm³/mol. The van der Waals surface area contributed by atoms with Crippen LogP contribution in [-0.2, 0) is 4.43 Å². The molecule has 1 rings (SSSR count). The van der Waals surface area contributed by atoms with Crippen LogP contribution in [0.2, 0.25) is 19.6 Å². The lowest BCUT2D eigenvalue weighted by Crippen LogP contribution is -2.29. The summed E-state index contributed by atoms with van der Waals surface area (Å²) in [6, 6.07) is 0. The third kappa shape index (κ3) is 2.93. The number of carbonyl (C=O) groups is 1. The molecule has 1 heterocycles. The summed E-state index contributed by atoms with van der Waals surface area (Å²) < 4.78 is 5.33. The fraction of sp³-hybridized carbons (Fsp3) is 0.500. The molecule has 0 fully saturated rings. The molecule has 5 heteroatoms. The number of nitrogens with zero attached hydrogens (tertiary/aromatic N) is 1. The maximum atomic E-state index is 11.5. The molecular weight excluding hydrogens is 202 g/mol. The summed E-state index contributed by atoms with van der Waals surface area (Å²) in [6.45, 7) is 7.78. The Hall–Kier alpha value is -0.683. The first kappa shape index (κ1) is 10.4. The first-order valence-electron chi connectivity index (χ1n) is 4.03. The van der Waals surface area contributed by atoms with Crippen molar-refractivity contribution in [2.45, 2.75) is 26.6 Å². The average Bonchev–Trinajstić information content (AvgIpc) is 2.30. The van der Waals surface area contributed by atoms with Crippen molar-refractivity contribution in [2.24, 2.45) is 0 Å². The lowest BCUT2D eigenvalue weighted by Gasteiger charge is -2.16. The highest BCUT2D eigenvalue weighted by Crippen LogP contribution is 2.16. The van der Waals surface area contributed by atoms with E-state index in [9.17, 15) is 4.79 Å². The van der Waals surface area contributed by atoms with Crippen molar-refractivity contribution in [3.8, 4) is 0 Å². The van der Waals surface area contributed by atoms with Gasteiger partial charge in [0.25, 0.3) is 0 Å². The van der Waals surface area contributed by atoms with Crippen LogP contribution in [0, 0.1) is 6.92 Å². The van der Waals surface area contributed by atoms with Gasteiger partial charge in [-0.1, -0.05) is 0 Å². The summed E-state index contributed by atoms with van der Waals surface area (Å²) in [7, 11) is -1.77. The molecule has 0 amide bonds. The standard InChI is InChI=1S/C8H13NO2SSi/c1-6-7(12-5-9-6)8(10)11-13(2,3)4/h5H,1-4H3. The highest BCUT2D eigenvalue weighted by atomic mass is 32.1. The molecule has 0 unspecified atom stereocenters. The Labute approximate surface area is 82.9 Å². The normalized spacial score (nSPS) is 11.4. The number of hydrogen-bond acceptors (Lipinski definition) is 4. The van der Waals surface area contributed by atoms with E-state index in [0.717, 1.165) is 5.69 Å². The van der Waals surface area contributed by atoms with Crippen molar-refractivity contribution in [3.63, 3.8) is 0 Å². The van der Waals surface area contributed by atoms with Gasteiger partial charge in [0.1, 0.15) is 4.88 Å². The quantitative estimate of drug-likeness (QED) is 0.711. The van der Waals surface area contributed by atoms with Gasteiger partial charge in [0.2, 0.25) is 8.32 Å². The monoisotopic (exact) mass is 215 g/mol. The van der Waals surface area contributed by atoms with Gasteiger partial charge >= 0.3 is 5.97 Å². The van der Waals surface area contributed by atoms with Gasteiger partial charge in [-0.15, -0.1) is 11.3 Å². The van der Waals surface area contributed by atoms with Crippen molar-refractivity contribution in [1.29, 1.82) is 0 Å². The van der Waals surface area contributed by atoms with Crippen LogP contribution in [-0.4, -0.2) is 19.3 Å². The molecule has 0 aliphatic rings. The van der Waals surface area contributed by atoms with Crippen LogP contribution in [0.25, 0.3) is 0 Å². The van der Waals surface area contributed by atoms with Gasteiger partial charge in [0, 0.05) is 0 Å². The van der Waals surface area contributed by atoms with Crippen LogP contribution in [0.4, 0.5) is 0 Å². The van der Waals surface area contributed by atoms with E-state index in [2.05, 4.69) is 4.98 Å². The molecule has 0 saturated carbocycles. The molecule has 0 aliphatic heterocycles. The largest absolute Gasteiger partial charge is 0.516 e. The first-order valence-corrected chi connectivity index (χ1v) is 8.32. The molecule has 0 spiro atoms.